The molecule has 0 spiro atoms. The van der Waals surface area contributed by atoms with Gasteiger partial charge in [0.1, 0.15) is 22.2 Å². The Bertz CT molecular complexity index is 1400. The first-order valence-electron chi connectivity index (χ1n) is 8.89. The number of rotatable bonds is 4. The molecule has 1 N–H and O–H groups in total. The Morgan fingerprint density at radius 2 is 1.90 bits per heavy atom. The number of nitrogens with one attached hydrogen (secondary N) is 1. The van der Waals surface area contributed by atoms with Crippen molar-refractivity contribution in [2.75, 3.05) is 5.32 Å². The number of thiazole rings is 1. The Morgan fingerprint density at radius 1 is 1.16 bits per heavy atom. The molecule has 0 radical (unpaired) electrons. The smallest absolute Gasteiger partial charge is 0.418 e. The lowest BCUT2D eigenvalue weighted by molar-refractivity contribution is -0.136. The normalized spacial score (nSPS) is 12.0. The van der Waals surface area contributed by atoms with Crippen molar-refractivity contribution < 1.29 is 17.6 Å². The predicted molar refractivity (Wildman–Crippen MR) is 112 cm³/mol. The summed E-state index contributed by atoms with van der Waals surface area (Å²) in [6.45, 7) is 0. The second-order valence-corrected chi connectivity index (χ2v) is 7.24. The number of aromatic nitrogens is 1. The van der Waals surface area contributed by atoms with Gasteiger partial charge in [0.25, 0.3) is 0 Å². The highest BCUT2D eigenvalue weighted by Crippen LogP contribution is 2.35. The Hall–Kier alpha value is -3.90. The highest BCUT2D eigenvalue weighted by molar-refractivity contribution is 7.11. The number of hydrogen-bond acceptors (Lipinski definition) is 6. The zero-order chi connectivity index (χ0) is 22.0. The Labute approximate surface area is 177 Å². The van der Waals surface area contributed by atoms with Crippen LogP contribution in [0, 0.1) is 11.3 Å². The van der Waals surface area contributed by atoms with Crippen molar-refractivity contribution in [2.45, 2.75) is 6.18 Å². The third kappa shape index (κ3) is 4.20. The van der Waals surface area contributed by atoms with Crippen molar-refractivity contribution in [2.24, 2.45) is 0 Å². The molecule has 4 aromatic rings. The van der Waals surface area contributed by atoms with E-state index in [1.807, 2.05) is 6.07 Å². The van der Waals surface area contributed by atoms with E-state index >= 15 is 0 Å². The van der Waals surface area contributed by atoms with Crippen molar-refractivity contribution >= 4 is 33.6 Å². The second-order valence-electron chi connectivity index (χ2n) is 6.38. The molecule has 9 heteroatoms. The van der Waals surface area contributed by atoms with Crippen LogP contribution >= 0.6 is 11.3 Å². The molecular formula is C22H12F3N3O2S. The summed E-state index contributed by atoms with van der Waals surface area (Å²) in [4.78, 5) is 16.6. The van der Waals surface area contributed by atoms with Gasteiger partial charge in [0, 0.05) is 17.0 Å². The molecule has 0 saturated carbocycles. The van der Waals surface area contributed by atoms with Gasteiger partial charge in [0.2, 0.25) is 0 Å². The van der Waals surface area contributed by atoms with Crippen molar-refractivity contribution in [3.63, 3.8) is 0 Å². The molecule has 2 heterocycles. The van der Waals surface area contributed by atoms with Gasteiger partial charge in [0.15, 0.2) is 0 Å². The van der Waals surface area contributed by atoms with Gasteiger partial charge in [0.05, 0.1) is 22.5 Å². The Morgan fingerprint density at radius 3 is 2.68 bits per heavy atom. The van der Waals surface area contributed by atoms with Crippen LogP contribution in [0.25, 0.3) is 27.8 Å². The maximum atomic E-state index is 13.1. The van der Waals surface area contributed by atoms with E-state index in [1.165, 1.54) is 18.2 Å². The third-order valence-electron chi connectivity index (χ3n) is 4.38. The van der Waals surface area contributed by atoms with Gasteiger partial charge in [-0.1, -0.05) is 30.3 Å². The van der Waals surface area contributed by atoms with Crippen molar-refractivity contribution in [3.05, 3.63) is 87.2 Å². The lowest BCUT2D eigenvalue weighted by atomic mass is 10.1. The average molecular weight is 439 g/mol. The predicted octanol–water partition coefficient (Wildman–Crippen LogP) is 5.91. The SMILES string of the molecule is N#C/C(=C\Nc1ccccc1C(F)(F)F)c1nc(-c2cc3ccccc3oc2=O)cs1. The summed E-state index contributed by atoms with van der Waals surface area (Å²) >= 11 is 1.09. The first-order valence-corrected chi connectivity index (χ1v) is 9.77. The van der Waals surface area contributed by atoms with Gasteiger partial charge in [-0.3, -0.25) is 0 Å². The number of fused-ring (bicyclic) bond motifs is 1. The summed E-state index contributed by atoms with van der Waals surface area (Å²) in [6.07, 6.45) is -3.38. The topological polar surface area (TPSA) is 78.9 Å². The van der Waals surface area contributed by atoms with Crippen LogP contribution in [0.2, 0.25) is 0 Å². The van der Waals surface area contributed by atoms with Crippen molar-refractivity contribution in [1.82, 2.24) is 4.98 Å². The molecule has 2 aromatic carbocycles. The molecule has 2 aromatic heterocycles. The van der Waals surface area contributed by atoms with Crippen molar-refractivity contribution in [1.29, 1.82) is 5.26 Å². The number of halogens is 3. The maximum Gasteiger partial charge on any atom is 0.418 e. The largest absolute Gasteiger partial charge is 0.422 e. The Balaban J connectivity index is 1.67. The minimum Gasteiger partial charge on any atom is -0.422 e. The molecule has 154 valence electrons. The molecule has 0 aliphatic rings. The molecule has 0 unspecified atom stereocenters. The van der Waals surface area contributed by atoms with E-state index in [0.717, 1.165) is 23.6 Å². The minimum absolute atomic E-state index is 0.0263. The third-order valence-corrected chi connectivity index (χ3v) is 5.25. The summed E-state index contributed by atoms with van der Waals surface area (Å²) in [5, 5.41) is 14.6. The average Bonchev–Trinajstić information content (AvgIpc) is 3.23. The van der Waals surface area contributed by atoms with Gasteiger partial charge in [-0.2, -0.15) is 18.4 Å². The fourth-order valence-electron chi connectivity index (χ4n) is 2.91. The number of hydrogen-bond donors (Lipinski definition) is 1. The number of nitriles is 1. The summed E-state index contributed by atoms with van der Waals surface area (Å²) in [5.74, 6) is 0. The Kier molecular flexibility index (Phi) is 5.31. The van der Waals surface area contributed by atoms with E-state index in [4.69, 9.17) is 4.42 Å². The molecule has 31 heavy (non-hydrogen) atoms. The van der Waals surface area contributed by atoms with Crippen LogP contribution in [-0.4, -0.2) is 4.98 Å². The number of benzene rings is 2. The molecule has 0 aliphatic carbocycles. The number of para-hydroxylation sites is 2. The van der Waals surface area contributed by atoms with Crippen LogP contribution in [0.3, 0.4) is 0 Å². The van der Waals surface area contributed by atoms with Crippen LogP contribution < -0.4 is 10.9 Å². The standard InChI is InChI=1S/C22H12F3N3O2S/c23-22(24,25)16-6-2-3-7-17(16)27-11-14(10-26)20-28-18(12-31-20)15-9-13-5-1-4-8-19(13)30-21(15)29/h1-9,11-12,27H/b14-11+. The molecule has 0 fully saturated rings. The maximum absolute atomic E-state index is 13.1. The van der Waals surface area contributed by atoms with Gasteiger partial charge in [-0.05, 0) is 24.3 Å². The monoisotopic (exact) mass is 439 g/mol. The molecule has 5 nitrogen and oxygen atoms in total. The van der Waals surface area contributed by atoms with E-state index in [9.17, 15) is 23.2 Å². The summed E-state index contributed by atoms with van der Waals surface area (Å²) in [5.41, 5.74) is -0.595. The number of nitrogens with zero attached hydrogens (tertiary/aromatic N) is 2. The first-order chi connectivity index (χ1) is 14.9. The summed E-state index contributed by atoms with van der Waals surface area (Å²) in [6, 6.07) is 15.5. The first kappa shape index (κ1) is 20.4. The molecule has 0 aliphatic heterocycles. The van der Waals surface area contributed by atoms with Crippen molar-refractivity contribution in [3.8, 4) is 17.3 Å². The van der Waals surface area contributed by atoms with Crippen LogP contribution in [0.5, 0.6) is 0 Å². The van der Waals surface area contributed by atoms with E-state index in [-0.39, 0.29) is 21.8 Å². The van der Waals surface area contributed by atoms with Gasteiger partial charge in [-0.25, -0.2) is 9.78 Å². The van der Waals surface area contributed by atoms with Gasteiger partial charge in [-0.15, -0.1) is 11.3 Å². The van der Waals surface area contributed by atoms with Crippen LogP contribution in [0.1, 0.15) is 10.6 Å². The highest BCUT2D eigenvalue weighted by atomic mass is 32.1. The van der Waals surface area contributed by atoms with E-state index in [2.05, 4.69) is 10.3 Å². The molecule has 4 rings (SSSR count). The second kappa shape index (κ2) is 8.08. The molecule has 0 amide bonds. The fraction of sp³-hybridized carbons (Fsp3) is 0.0455. The van der Waals surface area contributed by atoms with Crippen LogP contribution in [0.4, 0.5) is 18.9 Å². The molecule has 0 saturated heterocycles. The van der Waals surface area contributed by atoms with Crippen LogP contribution in [-0.2, 0) is 6.18 Å². The van der Waals surface area contributed by atoms with Crippen LogP contribution in [0.15, 0.2) is 75.4 Å². The zero-order valence-electron chi connectivity index (χ0n) is 15.6. The minimum atomic E-state index is -4.54. The molecule has 0 atom stereocenters. The highest BCUT2D eigenvalue weighted by Gasteiger charge is 2.33. The van der Waals surface area contributed by atoms with E-state index < -0.39 is 17.4 Å². The van der Waals surface area contributed by atoms with E-state index in [1.54, 1.807) is 35.7 Å². The van der Waals surface area contributed by atoms with E-state index in [0.29, 0.717) is 16.7 Å². The zero-order valence-corrected chi connectivity index (χ0v) is 16.4. The van der Waals surface area contributed by atoms with Gasteiger partial charge < -0.3 is 9.73 Å². The lowest BCUT2D eigenvalue weighted by Gasteiger charge is -2.12. The summed E-state index contributed by atoms with van der Waals surface area (Å²) in [7, 11) is 0. The summed E-state index contributed by atoms with van der Waals surface area (Å²) < 4.78 is 44.7. The number of allylic oxidation sites excluding steroid dienone is 1. The quantitative estimate of drug-likeness (QED) is 0.316. The number of anilines is 1. The van der Waals surface area contributed by atoms with Gasteiger partial charge >= 0.3 is 11.8 Å². The fourth-order valence-corrected chi connectivity index (χ4v) is 3.70. The molecular weight excluding hydrogens is 427 g/mol. The molecule has 0 bridgehead atoms. The lowest BCUT2D eigenvalue weighted by Crippen LogP contribution is -2.08. The number of alkyl halides is 3.